The summed E-state index contributed by atoms with van der Waals surface area (Å²) in [6, 6.07) is 10.1. The topological polar surface area (TPSA) is 73.8 Å². The van der Waals surface area contributed by atoms with Gasteiger partial charge in [0.05, 0.1) is 17.9 Å². The molecule has 0 aliphatic carbocycles. The first-order chi connectivity index (χ1) is 11.0. The lowest BCUT2D eigenvalue weighted by Gasteiger charge is -2.07. The molecule has 120 valence electrons. The number of benzene rings is 2. The van der Waals surface area contributed by atoms with Crippen molar-refractivity contribution in [3.63, 3.8) is 0 Å². The molecule has 2 rings (SSSR count). The summed E-state index contributed by atoms with van der Waals surface area (Å²) in [5.74, 6) is -1.35. The smallest absolute Gasteiger partial charge is 0.387 e. The molecular weight excluding hydrogens is 330 g/mol. The van der Waals surface area contributed by atoms with Crippen LogP contribution in [0.25, 0.3) is 0 Å². The van der Waals surface area contributed by atoms with Crippen LogP contribution in [-0.2, 0) is 0 Å². The van der Waals surface area contributed by atoms with Crippen molar-refractivity contribution in [3.05, 3.63) is 58.6 Å². The van der Waals surface area contributed by atoms with Gasteiger partial charge in [-0.1, -0.05) is 11.6 Å². The second kappa shape index (κ2) is 7.55. The van der Waals surface area contributed by atoms with Crippen LogP contribution in [0.4, 0.5) is 14.5 Å². The van der Waals surface area contributed by atoms with E-state index in [-0.39, 0.29) is 16.3 Å². The minimum Gasteiger partial charge on any atom is -0.545 e. The number of carbonyl (C=O) groups excluding carboxylic acids is 1. The number of carboxylic acid groups (broad SMARTS) is 1. The Morgan fingerprint density at radius 1 is 1.26 bits per heavy atom. The highest BCUT2D eigenvalue weighted by Gasteiger charge is 2.03. The first kappa shape index (κ1) is 16.7. The molecule has 0 radical (unpaired) electrons. The summed E-state index contributed by atoms with van der Waals surface area (Å²) >= 11 is 5.72. The van der Waals surface area contributed by atoms with Gasteiger partial charge in [0.15, 0.2) is 0 Å². The van der Waals surface area contributed by atoms with E-state index in [1.807, 2.05) is 0 Å². The molecule has 0 atom stereocenters. The Morgan fingerprint density at radius 3 is 2.57 bits per heavy atom. The van der Waals surface area contributed by atoms with Crippen LogP contribution in [0.3, 0.4) is 0 Å². The maximum atomic E-state index is 12.0. The van der Waals surface area contributed by atoms with Crippen molar-refractivity contribution in [2.24, 2.45) is 5.10 Å². The number of aromatic carboxylic acids is 1. The fraction of sp³-hybridized carbons (Fsp3) is 0.0667. The summed E-state index contributed by atoms with van der Waals surface area (Å²) in [4.78, 5) is 10.9. The average Bonchev–Trinajstić information content (AvgIpc) is 2.50. The van der Waals surface area contributed by atoms with E-state index in [2.05, 4.69) is 15.3 Å². The summed E-state index contributed by atoms with van der Waals surface area (Å²) in [7, 11) is 0. The van der Waals surface area contributed by atoms with Crippen molar-refractivity contribution in [2.75, 3.05) is 5.43 Å². The zero-order chi connectivity index (χ0) is 16.8. The standard InChI is InChI=1S/C15H11ClF2N2O3/c16-13-6-3-10(7-12(13)14(21)22)20-19-8-9-1-4-11(5-2-9)23-15(17)18/h1-8,15,20H,(H,21,22)/p-1/b19-8-. The minimum atomic E-state index is -2.88. The fourth-order valence-electron chi connectivity index (χ4n) is 1.67. The van der Waals surface area contributed by atoms with E-state index in [0.717, 1.165) is 0 Å². The fourth-order valence-corrected chi connectivity index (χ4v) is 1.86. The number of ether oxygens (including phenoxy) is 1. The second-order valence-corrected chi connectivity index (χ2v) is 4.71. The van der Waals surface area contributed by atoms with E-state index in [0.29, 0.717) is 11.3 Å². The van der Waals surface area contributed by atoms with Crippen LogP contribution < -0.4 is 15.3 Å². The Hall–Kier alpha value is -2.67. The van der Waals surface area contributed by atoms with E-state index in [4.69, 9.17) is 11.6 Å². The summed E-state index contributed by atoms with van der Waals surface area (Å²) < 4.78 is 28.3. The maximum Gasteiger partial charge on any atom is 0.387 e. The normalized spacial score (nSPS) is 11.0. The van der Waals surface area contributed by atoms with Crippen LogP contribution in [0.2, 0.25) is 5.02 Å². The Kier molecular flexibility index (Phi) is 5.48. The largest absolute Gasteiger partial charge is 0.545 e. The van der Waals surface area contributed by atoms with Crippen molar-refractivity contribution in [3.8, 4) is 5.75 Å². The molecule has 0 aliphatic heterocycles. The molecule has 0 fully saturated rings. The van der Waals surface area contributed by atoms with Gasteiger partial charge in [0.2, 0.25) is 0 Å². The highest BCUT2D eigenvalue weighted by molar-refractivity contribution is 6.33. The Balaban J connectivity index is 2.01. The van der Waals surface area contributed by atoms with Crippen molar-refractivity contribution >= 4 is 29.5 Å². The van der Waals surface area contributed by atoms with Crippen LogP contribution in [0.1, 0.15) is 15.9 Å². The maximum absolute atomic E-state index is 12.0. The third-order valence-electron chi connectivity index (χ3n) is 2.70. The number of anilines is 1. The summed E-state index contributed by atoms with van der Waals surface area (Å²) in [5, 5.41) is 14.8. The molecule has 0 bridgehead atoms. The van der Waals surface area contributed by atoms with Crippen LogP contribution in [-0.4, -0.2) is 18.8 Å². The lowest BCUT2D eigenvalue weighted by Crippen LogP contribution is -2.22. The number of halogens is 3. The van der Waals surface area contributed by atoms with Gasteiger partial charge >= 0.3 is 6.61 Å². The number of hydrogen-bond donors (Lipinski definition) is 1. The van der Waals surface area contributed by atoms with Crippen molar-refractivity contribution < 1.29 is 23.4 Å². The van der Waals surface area contributed by atoms with Gasteiger partial charge in [-0.25, -0.2) is 0 Å². The molecule has 5 nitrogen and oxygen atoms in total. The molecular formula is C15H10ClF2N2O3-. The zero-order valence-electron chi connectivity index (χ0n) is 11.5. The lowest BCUT2D eigenvalue weighted by atomic mass is 10.2. The van der Waals surface area contributed by atoms with Gasteiger partial charge in [0.25, 0.3) is 0 Å². The molecule has 0 amide bonds. The first-order valence-electron chi connectivity index (χ1n) is 6.30. The van der Waals surface area contributed by atoms with E-state index in [1.165, 1.54) is 42.6 Å². The molecule has 0 unspecified atom stereocenters. The quantitative estimate of drug-likeness (QED) is 0.648. The predicted octanol–water partition coefficient (Wildman–Crippen LogP) is 2.75. The average molecular weight is 340 g/mol. The van der Waals surface area contributed by atoms with Gasteiger partial charge in [0.1, 0.15) is 5.75 Å². The van der Waals surface area contributed by atoms with Gasteiger partial charge in [-0.3, -0.25) is 5.43 Å². The van der Waals surface area contributed by atoms with Crippen LogP contribution in [0, 0.1) is 0 Å². The van der Waals surface area contributed by atoms with E-state index >= 15 is 0 Å². The van der Waals surface area contributed by atoms with E-state index < -0.39 is 12.6 Å². The monoisotopic (exact) mass is 339 g/mol. The van der Waals surface area contributed by atoms with Crippen molar-refractivity contribution in [1.82, 2.24) is 0 Å². The highest BCUT2D eigenvalue weighted by Crippen LogP contribution is 2.20. The van der Waals surface area contributed by atoms with Crippen molar-refractivity contribution in [1.29, 1.82) is 0 Å². The second-order valence-electron chi connectivity index (χ2n) is 4.30. The Labute approximate surface area is 135 Å². The highest BCUT2D eigenvalue weighted by atomic mass is 35.5. The molecule has 1 N–H and O–H groups in total. The predicted molar refractivity (Wildman–Crippen MR) is 80.1 cm³/mol. The lowest BCUT2D eigenvalue weighted by molar-refractivity contribution is -0.255. The van der Waals surface area contributed by atoms with Gasteiger partial charge in [-0.2, -0.15) is 13.9 Å². The number of alkyl halides is 2. The molecule has 0 spiro atoms. The van der Waals surface area contributed by atoms with Gasteiger partial charge in [0, 0.05) is 10.6 Å². The molecule has 0 saturated carbocycles. The van der Waals surface area contributed by atoms with Crippen LogP contribution in [0.5, 0.6) is 5.75 Å². The molecule has 0 saturated heterocycles. The summed E-state index contributed by atoms with van der Waals surface area (Å²) in [5.41, 5.74) is 3.52. The molecule has 0 aliphatic rings. The summed E-state index contributed by atoms with van der Waals surface area (Å²) in [6.45, 7) is -2.88. The zero-order valence-corrected chi connectivity index (χ0v) is 12.3. The number of nitrogens with zero attached hydrogens (tertiary/aromatic N) is 1. The van der Waals surface area contributed by atoms with E-state index in [9.17, 15) is 18.7 Å². The van der Waals surface area contributed by atoms with Crippen molar-refractivity contribution in [2.45, 2.75) is 6.61 Å². The van der Waals surface area contributed by atoms with Gasteiger partial charge in [-0.05, 0) is 48.0 Å². The first-order valence-corrected chi connectivity index (χ1v) is 6.68. The number of carboxylic acids is 1. The third-order valence-corrected chi connectivity index (χ3v) is 3.03. The number of hydrogen-bond acceptors (Lipinski definition) is 5. The van der Waals surface area contributed by atoms with Crippen LogP contribution >= 0.6 is 11.6 Å². The summed E-state index contributed by atoms with van der Waals surface area (Å²) in [6.07, 6.45) is 1.43. The number of carbonyl (C=O) groups is 1. The van der Waals surface area contributed by atoms with E-state index in [1.54, 1.807) is 6.07 Å². The van der Waals surface area contributed by atoms with Gasteiger partial charge in [-0.15, -0.1) is 0 Å². The molecule has 0 aromatic heterocycles. The number of nitrogens with one attached hydrogen (secondary N) is 1. The minimum absolute atomic E-state index is 0.0430. The molecule has 23 heavy (non-hydrogen) atoms. The van der Waals surface area contributed by atoms with Crippen LogP contribution in [0.15, 0.2) is 47.6 Å². The molecule has 0 heterocycles. The molecule has 8 heteroatoms. The molecule has 2 aromatic carbocycles. The SMILES string of the molecule is O=C([O-])c1cc(N/N=C\c2ccc(OC(F)F)cc2)ccc1Cl. The number of rotatable bonds is 6. The Morgan fingerprint density at radius 2 is 1.96 bits per heavy atom. The van der Waals surface area contributed by atoms with Gasteiger partial charge < -0.3 is 14.6 Å². The third kappa shape index (κ3) is 4.93. The Bertz CT molecular complexity index is 721. The molecule has 2 aromatic rings. The number of hydrazone groups is 1.